The van der Waals surface area contributed by atoms with Crippen LogP contribution in [0.15, 0.2) is 60.7 Å². The van der Waals surface area contributed by atoms with E-state index in [0.29, 0.717) is 13.2 Å². The van der Waals surface area contributed by atoms with Gasteiger partial charge in [0.25, 0.3) is 0 Å². The molecule has 0 saturated heterocycles. The number of hydroxylamine groups is 3. The number of hydrogen-bond donors (Lipinski definition) is 0. The van der Waals surface area contributed by atoms with E-state index in [1.54, 1.807) is 14.1 Å². The van der Waals surface area contributed by atoms with Crippen LogP contribution >= 0.6 is 12.4 Å². The molecule has 114 valence electrons. The highest BCUT2D eigenvalue weighted by atomic mass is 35.5. The lowest BCUT2D eigenvalue weighted by atomic mass is 10.0. The number of halogens is 1. The summed E-state index contributed by atoms with van der Waals surface area (Å²) in [5, 5.41) is 11.6. The third-order valence-electron chi connectivity index (χ3n) is 3.12. The van der Waals surface area contributed by atoms with Crippen molar-refractivity contribution in [1.29, 1.82) is 0 Å². The van der Waals surface area contributed by atoms with Crippen LogP contribution in [0.3, 0.4) is 0 Å². The predicted molar refractivity (Wildman–Crippen MR) is 88.3 cm³/mol. The molecule has 0 bridgehead atoms. The Labute approximate surface area is 132 Å². The van der Waals surface area contributed by atoms with Gasteiger partial charge in [-0.15, -0.1) is 12.4 Å². The number of ether oxygens (including phenoxy) is 1. The van der Waals surface area contributed by atoms with Gasteiger partial charge in [-0.05, 0) is 11.1 Å². The van der Waals surface area contributed by atoms with Gasteiger partial charge in [-0.3, -0.25) is 0 Å². The fourth-order valence-corrected chi connectivity index (χ4v) is 2.03. The van der Waals surface area contributed by atoms with Crippen LogP contribution in [0.5, 0.6) is 0 Å². The van der Waals surface area contributed by atoms with Gasteiger partial charge in [0.15, 0.2) is 0 Å². The van der Waals surface area contributed by atoms with Gasteiger partial charge in [-0.25, -0.2) is 0 Å². The lowest BCUT2D eigenvalue weighted by Gasteiger charge is -2.34. The van der Waals surface area contributed by atoms with Gasteiger partial charge in [-0.2, -0.15) is 0 Å². The van der Waals surface area contributed by atoms with Gasteiger partial charge in [0.1, 0.15) is 12.6 Å². The highest BCUT2D eigenvalue weighted by Crippen LogP contribution is 2.25. The van der Waals surface area contributed by atoms with Crippen molar-refractivity contribution >= 4 is 12.4 Å². The summed E-state index contributed by atoms with van der Waals surface area (Å²) < 4.78 is 5.64. The minimum Gasteiger partial charge on any atom is -0.633 e. The molecule has 21 heavy (non-hydrogen) atoms. The summed E-state index contributed by atoms with van der Waals surface area (Å²) in [6.07, 6.45) is -0.121. The Hall–Kier alpha value is -1.39. The Morgan fingerprint density at radius 3 is 1.71 bits per heavy atom. The lowest BCUT2D eigenvalue weighted by Crippen LogP contribution is -2.35. The summed E-state index contributed by atoms with van der Waals surface area (Å²) in [7, 11) is 3.26. The molecular formula is C17H22ClNO2. The van der Waals surface area contributed by atoms with Crippen LogP contribution in [0.4, 0.5) is 0 Å². The summed E-state index contributed by atoms with van der Waals surface area (Å²) in [6.45, 7) is 0.876. The molecular weight excluding hydrogens is 286 g/mol. The summed E-state index contributed by atoms with van der Waals surface area (Å²) in [6, 6.07) is 20.2. The van der Waals surface area contributed by atoms with E-state index in [9.17, 15) is 5.21 Å². The summed E-state index contributed by atoms with van der Waals surface area (Å²) in [5.41, 5.74) is 2.21. The van der Waals surface area contributed by atoms with Gasteiger partial charge in [0, 0.05) is 0 Å². The maximum Gasteiger partial charge on any atom is 0.108 e. The molecule has 0 N–H and O–H groups in total. The number of hydrogen-bond acceptors (Lipinski definition) is 2. The Bertz CT molecular complexity index is 472. The molecule has 0 aliphatic rings. The quantitative estimate of drug-likeness (QED) is 0.601. The van der Waals surface area contributed by atoms with E-state index in [2.05, 4.69) is 24.3 Å². The molecule has 4 heteroatoms. The van der Waals surface area contributed by atoms with Crippen molar-refractivity contribution < 1.29 is 9.38 Å². The van der Waals surface area contributed by atoms with Gasteiger partial charge < -0.3 is 14.6 Å². The fraction of sp³-hybridized carbons (Fsp3) is 0.294. The van der Waals surface area contributed by atoms with E-state index in [-0.39, 0.29) is 23.2 Å². The average Bonchev–Trinajstić information content (AvgIpc) is 2.44. The van der Waals surface area contributed by atoms with E-state index in [0.717, 1.165) is 11.1 Å². The molecule has 0 fully saturated rings. The number of benzene rings is 2. The second kappa shape index (κ2) is 8.15. The molecule has 0 aliphatic carbocycles. The Balaban J connectivity index is 0.00000220. The average molecular weight is 308 g/mol. The maximum absolute atomic E-state index is 11.6. The fourth-order valence-electron chi connectivity index (χ4n) is 2.03. The summed E-state index contributed by atoms with van der Waals surface area (Å²) in [5.74, 6) is 0. The van der Waals surface area contributed by atoms with Crippen molar-refractivity contribution in [3.63, 3.8) is 0 Å². The van der Waals surface area contributed by atoms with E-state index >= 15 is 0 Å². The van der Waals surface area contributed by atoms with Crippen LogP contribution in [0, 0.1) is 5.21 Å². The van der Waals surface area contributed by atoms with E-state index < -0.39 is 0 Å². The molecule has 0 aliphatic heterocycles. The standard InChI is InChI=1S/C17H21NO2.ClH/c1-18(2,19)13-14-20-17(15-9-5-3-6-10-15)16-11-7-4-8-12-16;/h3-12,17H,13-14H2,1-2H3;1H. The number of quaternary nitrogens is 1. The Morgan fingerprint density at radius 2 is 1.33 bits per heavy atom. The van der Waals surface area contributed by atoms with Crippen LogP contribution in [0.2, 0.25) is 0 Å². The van der Waals surface area contributed by atoms with Crippen molar-refractivity contribution in [2.45, 2.75) is 6.10 Å². The minimum atomic E-state index is -0.337. The highest BCUT2D eigenvalue weighted by molar-refractivity contribution is 5.85. The Kier molecular flexibility index (Phi) is 6.85. The molecule has 0 saturated carbocycles. The summed E-state index contributed by atoms with van der Waals surface area (Å²) >= 11 is 0. The molecule has 0 heterocycles. The molecule has 0 atom stereocenters. The SMILES string of the molecule is C[N+](C)([O-])CCOC(c1ccccc1)c1ccccc1.Cl. The normalized spacial score (nSPS) is 11.2. The topological polar surface area (TPSA) is 32.3 Å². The molecule has 2 aromatic rings. The van der Waals surface area contributed by atoms with Crippen LogP contribution in [-0.4, -0.2) is 31.9 Å². The highest BCUT2D eigenvalue weighted by Gasteiger charge is 2.15. The second-order valence-electron chi connectivity index (χ2n) is 5.37. The largest absolute Gasteiger partial charge is 0.633 e. The summed E-state index contributed by atoms with van der Waals surface area (Å²) in [4.78, 5) is 0. The van der Waals surface area contributed by atoms with E-state index in [1.165, 1.54) is 0 Å². The molecule has 2 aromatic carbocycles. The van der Waals surface area contributed by atoms with Gasteiger partial charge in [0.2, 0.25) is 0 Å². The minimum absolute atomic E-state index is 0. The molecule has 0 spiro atoms. The predicted octanol–water partition coefficient (Wildman–Crippen LogP) is 3.79. The van der Waals surface area contributed by atoms with E-state index in [4.69, 9.17) is 4.74 Å². The molecule has 3 nitrogen and oxygen atoms in total. The third kappa shape index (κ3) is 5.86. The van der Waals surface area contributed by atoms with Gasteiger partial charge >= 0.3 is 0 Å². The van der Waals surface area contributed by atoms with Crippen LogP contribution < -0.4 is 0 Å². The number of nitrogens with zero attached hydrogens (tertiary/aromatic N) is 1. The van der Waals surface area contributed by atoms with Crippen molar-refractivity contribution in [2.24, 2.45) is 0 Å². The first-order chi connectivity index (χ1) is 9.56. The Morgan fingerprint density at radius 1 is 0.905 bits per heavy atom. The molecule has 0 radical (unpaired) electrons. The zero-order valence-electron chi connectivity index (χ0n) is 12.4. The molecule has 2 rings (SSSR count). The van der Waals surface area contributed by atoms with Crippen molar-refractivity contribution in [2.75, 3.05) is 27.2 Å². The van der Waals surface area contributed by atoms with Crippen molar-refractivity contribution in [3.8, 4) is 0 Å². The first kappa shape index (κ1) is 17.7. The van der Waals surface area contributed by atoms with Crippen LogP contribution in [0.1, 0.15) is 17.2 Å². The second-order valence-corrected chi connectivity index (χ2v) is 5.37. The van der Waals surface area contributed by atoms with E-state index in [1.807, 2.05) is 36.4 Å². The molecule has 0 aromatic heterocycles. The third-order valence-corrected chi connectivity index (χ3v) is 3.12. The monoisotopic (exact) mass is 307 g/mol. The first-order valence-corrected chi connectivity index (χ1v) is 6.82. The smallest absolute Gasteiger partial charge is 0.108 e. The van der Waals surface area contributed by atoms with Crippen molar-refractivity contribution in [3.05, 3.63) is 77.0 Å². The van der Waals surface area contributed by atoms with Gasteiger partial charge in [-0.1, -0.05) is 60.7 Å². The zero-order chi connectivity index (χ0) is 14.4. The number of rotatable bonds is 6. The number of likely N-dealkylation sites (N-methyl/N-ethyl adjacent to an activating group) is 1. The molecule has 0 unspecified atom stereocenters. The maximum atomic E-state index is 11.6. The molecule has 0 amide bonds. The first-order valence-electron chi connectivity index (χ1n) is 6.82. The van der Waals surface area contributed by atoms with Crippen LogP contribution in [-0.2, 0) is 4.74 Å². The van der Waals surface area contributed by atoms with Crippen molar-refractivity contribution in [1.82, 2.24) is 0 Å². The zero-order valence-corrected chi connectivity index (χ0v) is 13.3. The lowest BCUT2D eigenvalue weighted by molar-refractivity contribution is -0.840. The van der Waals surface area contributed by atoms with Crippen LogP contribution in [0.25, 0.3) is 0 Å². The van der Waals surface area contributed by atoms with Gasteiger partial charge in [0.05, 0.1) is 20.7 Å².